The number of oxime groups is 1. The maximum atomic E-state index is 13.8. The molecular formula is C36H34N10O13S3. The van der Waals surface area contributed by atoms with Crippen LogP contribution < -0.4 is 31.4 Å². The van der Waals surface area contributed by atoms with Crippen molar-refractivity contribution >= 4 is 98.9 Å². The number of carbonyl (C=O) groups excluding carboxylic acids is 6. The second-order valence-electron chi connectivity index (χ2n) is 13.6. The molecule has 3 aromatic heterocycles. The summed E-state index contributed by atoms with van der Waals surface area (Å²) < 4.78 is 11.4. The van der Waals surface area contributed by atoms with Gasteiger partial charge in [0.05, 0.1) is 6.20 Å². The van der Waals surface area contributed by atoms with Crippen molar-refractivity contribution in [1.82, 2.24) is 40.7 Å². The zero-order valence-corrected chi connectivity index (χ0v) is 35.4. The van der Waals surface area contributed by atoms with Gasteiger partial charge in [-0.25, -0.2) is 24.1 Å². The van der Waals surface area contributed by atoms with Crippen LogP contribution in [0.2, 0.25) is 0 Å². The van der Waals surface area contributed by atoms with Gasteiger partial charge in [0, 0.05) is 42.0 Å². The number of fused-ring (bicyclic) bond motifs is 2. The number of β-lactam (4-membered cyclic amide) rings is 1. The minimum Gasteiger partial charge on any atom is -0.477 e. The molecule has 1 aromatic carbocycles. The van der Waals surface area contributed by atoms with Crippen LogP contribution in [0.3, 0.4) is 0 Å². The number of aromatic nitrogens is 4. The molecule has 2 atom stereocenters. The lowest BCUT2D eigenvalue weighted by atomic mass is 10.0. The highest BCUT2D eigenvalue weighted by molar-refractivity contribution is 8.01. The fraction of sp³-hybridized carbons (Fsp3) is 0.278. The molecule has 324 valence electrons. The van der Waals surface area contributed by atoms with E-state index in [0.29, 0.717) is 16.3 Å². The summed E-state index contributed by atoms with van der Waals surface area (Å²) in [5.74, 6) is -7.69. The van der Waals surface area contributed by atoms with Crippen molar-refractivity contribution in [2.45, 2.75) is 56.7 Å². The summed E-state index contributed by atoms with van der Waals surface area (Å²) in [7, 11) is 0. The van der Waals surface area contributed by atoms with E-state index in [2.05, 4.69) is 36.4 Å². The normalized spacial score (nSPS) is 16.2. The summed E-state index contributed by atoms with van der Waals surface area (Å²) in [6.07, 6.45) is 1.17. The Bertz CT molecular complexity index is 2640. The van der Waals surface area contributed by atoms with E-state index in [9.17, 15) is 48.6 Å². The number of nitrogen functional groups attached to an aromatic ring is 1. The Morgan fingerprint density at radius 1 is 1.02 bits per heavy atom. The van der Waals surface area contributed by atoms with Crippen LogP contribution in [0.25, 0.3) is 5.65 Å². The number of rotatable bonds is 14. The Balaban J connectivity index is 1.13. The molecule has 0 aliphatic carbocycles. The van der Waals surface area contributed by atoms with Gasteiger partial charge >= 0.3 is 23.9 Å². The Labute approximate surface area is 361 Å². The quantitative estimate of drug-likeness (QED) is 0.0196. The van der Waals surface area contributed by atoms with Crippen LogP contribution in [0, 0.1) is 6.92 Å². The Hall–Kier alpha value is -7.06. The minimum atomic E-state index is -1.88. The van der Waals surface area contributed by atoms with Crippen LogP contribution in [0.1, 0.15) is 59.8 Å². The van der Waals surface area contributed by atoms with E-state index >= 15 is 0 Å². The molecule has 26 heteroatoms. The van der Waals surface area contributed by atoms with Crippen molar-refractivity contribution < 1.29 is 62.9 Å². The average Bonchev–Trinajstić information content (AvgIpc) is 3.84. The second-order valence-corrected chi connectivity index (χ2v) is 16.6. The van der Waals surface area contributed by atoms with Crippen molar-refractivity contribution in [1.29, 1.82) is 0 Å². The van der Waals surface area contributed by atoms with Crippen molar-refractivity contribution in [3.8, 4) is 11.5 Å². The van der Waals surface area contributed by atoms with Gasteiger partial charge in [-0.3, -0.25) is 44.5 Å². The van der Waals surface area contributed by atoms with Crippen LogP contribution in [0.5, 0.6) is 11.5 Å². The number of amides is 4. The third kappa shape index (κ3) is 9.45. The number of esters is 2. The highest BCUT2D eigenvalue weighted by Gasteiger charge is 2.54. The topological polar surface area (TPSA) is 326 Å². The van der Waals surface area contributed by atoms with Crippen LogP contribution in [-0.2, 0) is 33.6 Å². The van der Waals surface area contributed by atoms with E-state index in [1.807, 2.05) is 0 Å². The molecule has 2 aliphatic heterocycles. The van der Waals surface area contributed by atoms with Gasteiger partial charge < -0.3 is 35.6 Å². The van der Waals surface area contributed by atoms with Gasteiger partial charge in [-0.15, -0.1) is 34.9 Å². The average molecular weight is 911 g/mol. The number of aliphatic carboxylic acids is 1. The summed E-state index contributed by atoms with van der Waals surface area (Å²) in [5, 5.41) is 31.4. The lowest BCUT2D eigenvalue weighted by Crippen LogP contribution is -2.71. The first kappa shape index (κ1) is 44.5. The monoisotopic (exact) mass is 910 g/mol. The number of hydrogen-bond acceptors (Lipinski definition) is 19. The van der Waals surface area contributed by atoms with Crippen LogP contribution in [-0.4, -0.2) is 116 Å². The first-order chi connectivity index (χ1) is 29.2. The number of nitrogens with two attached hydrogens (primary N) is 1. The van der Waals surface area contributed by atoms with Crippen LogP contribution >= 0.6 is 34.9 Å². The number of aryl methyl sites for hydroxylation is 1. The van der Waals surface area contributed by atoms with Gasteiger partial charge in [-0.1, -0.05) is 5.16 Å². The number of benzene rings is 1. The summed E-state index contributed by atoms with van der Waals surface area (Å²) in [4.78, 5) is 115. The van der Waals surface area contributed by atoms with E-state index < -0.39 is 70.2 Å². The zero-order chi connectivity index (χ0) is 45.2. The molecule has 4 aromatic rings. The number of thioether (sulfide) groups is 2. The summed E-state index contributed by atoms with van der Waals surface area (Å²) in [6, 6.07) is 4.01. The van der Waals surface area contributed by atoms with Gasteiger partial charge in [0.1, 0.15) is 33.4 Å². The van der Waals surface area contributed by atoms with Crippen molar-refractivity contribution in [3.63, 3.8) is 0 Å². The van der Waals surface area contributed by atoms with Gasteiger partial charge in [0.2, 0.25) is 5.60 Å². The highest BCUT2D eigenvalue weighted by atomic mass is 32.2. The number of carbonyl (C=O) groups is 8. The molecule has 0 saturated carbocycles. The first-order valence-corrected chi connectivity index (χ1v) is 20.7. The Morgan fingerprint density at radius 2 is 1.73 bits per heavy atom. The number of thiazole rings is 1. The second kappa shape index (κ2) is 17.9. The van der Waals surface area contributed by atoms with Gasteiger partial charge in [-0.2, -0.15) is 5.10 Å². The lowest BCUT2D eigenvalue weighted by Gasteiger charge is -2.49. The van der Waals surface area contributed by atoms with E-state index in [1.54, 1.807) is 13.0 Å². The van der Waals surface area contributed by atoms with E-state index in [0.717, 1.165) is 36.2 Å². The SMILES string of the molecule is CC(=O)Oc1ccc(C(=O)NNC(=O)C(C)(C)ON=C(C(=O)NC2C(=O)N3C(C(=O)O)=C(CSc4cc(C)nc5c(C(=O)O)cnn45)CS[C@@H]23)c2csc(N)n2)cc1OC(C)=O. The lowest BCUT2D eigenvalue weighted by molar-refractivity contribution is -0.150. The Kier molecular flexibility index (Phi) is 12.8. The molecule has 5 heterocycles. The molecule has 2 aliphatic rings. The van der Waals surface area contributed by atoms with Gasteiger partial charge in [0.25, 0.3) is 23.6 Å². The number of ether oxygens (including phenoxy) is 2. The molecular weight excluding hydrogens is 877 g/mol. The fourth-order valence-electron chi connectivity index (χ4n) is 5.73. The molecule has 23 nitrogen and oxygen atoms in total. The molecule has 1 unspecified atom stereocenters. The number of aromatic carboxylic acids is 1. The zero-order valence-electron chi connectivity index (χ0n) is 32.9. The number of anilines is 1. The molecule has 0 radical (unpaired) electrons. The van der Waals surface area contributed by atoms with Gasteiger partial charge in [-0.05, 0) is 50.6 Å². The molecule has 4 amide bonds. The number of hydrogen-bond donors (Lipinski definition) is 6. The number of carboxylic acid groups (broad SMARTS) is 2. The number of nitrogens with zero attached hydrogens (tertiary/aromatic N) is 6. The number of nitrogens with one attached hydrogen (secondary N) is 3. The Morgan fingerprint density at radius 3 is 2.37 bits per heavy atom. The maximum Gasteiger partial charge on any atom is 0.352 e. The molecule has 1 saturated heterocycles. The smallest absolute Gasteiger partial charge is 0.352 e. The largest absolute Gasteiger partial charge is 0.477 e. The number of carboxylic acids is 2. The molecule has 6 rings (SSSR count). The minimum absolute atomic E-state index is 0.0471. The van der Waals surface area contributed by atoms with Crippen molar-refractivity contribution in [2.24, 2.45) is 5.16 Å². The van der Waals surface area contributed by atoms with Crippen molar-refractivity contribution in [2.75, 3.05) is 17.2 Å². The highest BCUT2D eigenvalue weighted by Crippen LogP contribution is 2.42. The van der Waals surface area contributed by atoms with Gasteiger partial charge in [0.15, 0.2) is 28.0 Å². The van der Waals surface area contributed by atoms with E-state index in [-0.39, 0.29) is 56.3 Å². The molecule has 0 spiro atoms. The van der Waals surface area contributed by atoms with Crippen LogP contribution in [0.15, 0.2) is 57.3 Å². The van der Waals surface area contributed by atoms with Crippen LogP contribution in [0.4, 0.5) is 5.13 Å². The van der Waals surface area contributed by atoms with Crippen molar-refractivity contribution in [3.05, 3.63) is 69.6 Å². The van der Waals surface area contributed by atoms with E-state index in [1.165, 1.54) is 65.6 Å². The summed E-state index contributed by atoms with van der Waals surface area (Å²) in [5.41, 5.74) is 8.25. The predicted molar refractivity (Wildman–Crippen MR) is 218 cm³/mol. The fourth-order valence-corrected chi connectivity index (χ4v) is 8.82. The maximum absolute atomic E-state index is 13.8. The summed E-state index contributed by atoms with van der Waals surface area (Å²) >= 11 is 3.34. The molecule has 0 bridgehead atoms. The van der Waals surface area contributed by atoms with E-state index in [4.69, 9.17) is 20.0 Å². The third-order valence-electron chi connectivity index (χ3n) is 8.62. The molecule has 7 N–H and O–H groups in total. The third-order valence-corrected chi connectivity index (χ3v) is 11.7. The summed E-state index contributed by atoms with van der Waals surface area (Å²) in [6.45, 7) is 6.43. The number of hydrazine groups is 1. The predicted octanol–water partition coefficient (Wildman–Crippen LogP) is 1.12. The molecule has 62 heavy (non-hydrogen) atoms. The standard InChI is InChI=1S/C36H34N10O13S3/c1-14-8-23(46-27(39-14)19(10-38-46)32(52)53)60-11-18-12-61-31-25(30(51)45(31)26(18)33(54)55)41-29(50)24(20-13-62-35(37)40-20)44-59-36(4,5)34(56)43-42-28(49)17-6-7-21(57-15(2)47)22(9-17)58-16(3)48/h6-10,13,25,31H,11-12H2,1-5H3,(H2,37,40)(H,41,50)(H,42,49)(H,43,56)(H,52,53)(H,54,55)/t25?,31-/m0/s1. The molecule has 1 fully saturated rings. The first-order valence-electron chi connectivity index (χ1n) is 17.8.